The Kier molecular flexibility index (Phi) is 6.69. The zero-order valence-electron chi connectivity index (χ0n) is 17.4. The number of rotatable bonds is 6. The number of ether oxygens (including phenoxy) is 2. The fourth-order valence-corrected chi connectivity index (χ4v) is 6.35. The molecule has 1 aliphatic heterocycles. The summed E-state index contributed by atoms with van der Waals surface area (Å²) >= 11 is 0. The summed E-state index contributed by atoms with van der Waals surface area (Å²) in [6.45, 7) is 0.184. The Morgan fingerprint density at radius 1 is 1.00 bits per heavy atom. The summed E-state index contributed by atoms with van der Waals surface area (Å²) in [6.07, 6.45) is 3.09. The molecule has 170 valence electrons. The van der Waals surface area contributed by atoms with Crippen molar-refractivity contribution >= 4 is 26.0 Å². The number of esters is 1. The number of nitrogens with zero attached hydrogens (tertiary/aromatic N) is 4. The monoisotopic (exact) mass is 472 g/mol. The van der Waals surface area contributed by atoms with Crippen LogP contribution in [0.3, 0.4) is 0 Å². The van der Waals surface area contributed by atoms with Crippen molar-refractivity contribution in [3.8, 4) is 5.75 Å². The highest BCUT2D eigenvalue weighted by Crippen LogP contribution is 2.29. The molecule has 2 heterocycles. The highest BCUT2D eigenvalue weighted by Gasteiger charge is 2.34. The molecule has 1 fully saturated rings. The molecular formula is C18H24N4O7S2. The Balaban J connectivity index is 1.88. The Hall–Kier alpha value is -2.48. The molecule has 1 saturated heterocycles. The van der Waals surface area contributed by atoms with E-state index in [-0.39, 0.29) is 47.4 Å². The van der Waals surface area contributed by atoms with Crippen LogP contribution in [0.4, 0.5) is 0 Å². The third-order valence-electron chi connectivity index (χ3n) is 4.90. The number of benzene rings is 1. The maximum atomic E-state index is 13.3. The number of hydrogen-bond acceptors (Lipinski definition) is 8. The minimum absolute atomic E-state index is 0.0306. The standard InChI is InChI=1S/C18H24N4O7S2/c1-20-12-17(19-13-20)31(26,27)22-8-4-7-21(9-10-22)30(24,25)16-11-14(18(23)29-3)5-6-15(16)28-2/h5-6,11-13H,4,7-10H2,1-3H3. The zero-order valence-corrected chi connectivity index (χ0v) is 19.0. The van der Waals surface area contributed by atoms with Crippen LogP contribution in [0.1, 0.15) is 16.8 Å². The third-order valence-corrected chi connectivity index (χ3v) is 8.61. The first kappa shape index (κ1) is 23.2. The molecular weight excluding hydrogens is 448 g/mol. The summed E-state index contributed by atoms with van der Waals surface area (Å²) < 4.78 is 66.1. The average Bonchev–Trinajstić information content (AvgIpc) is 3.04. The number of aromatic nitrogens is 2. The highest BCUT2D eigenvalue weighted by atomic mass is 32.2. The van der Waals surface area contributed by atoms with Gasteiger partial charge in [-0.25, -0.2) is 26.6 Å². The van der Waals surface area contributed by atoms with Gasteiger partial charge in [0.2, 0.25) is 10.0 Å². The van der Waals surface area contributed by atoms with E-state index in [4.69, 9.17) is 4.74 Å². The van der Waals surface area contributed by atoms with Crippen molar-refractivity contribution in [2.75, 3.05) is 40.4 Å². The van der Waals surface area contributed by atoms with Crippen LogP contribution in [0, 0.1) is 0 Å². The number of carbonyl (C=O) groups is 1. The van der Waals surface area contributed by atoms with E-state index in [1.54, 1.807) is 7.05 Å². The second-order valence-corrected chi connectivity index (χ2v) is 10.7. The van der Waals surface area contributed by atoms with E-state index in [1.165, 1.54) is 58.1 Å². The molecule has 0 radical (unpaired) electrons. The van der Waals surface area contributed by atoms with Crippen LogP contribution in [-0.2, 0) is 31.8 Å². The number of hydrogen-bond donors (Lipinski definition) is 0. The van der Waals surface area contributed by atoms with Crippen molar-refractivity contribution in [3.05, 3.63) is 36.3 Å². The first-order chi connectivity index (χ1) is 14.6. The minimum atomic E-state index is -4.06. The molecule has 0 aliphatic carbocycles. The van der Waals surface area contributed by atoms with Gasteiger partial charge in [0.05, 0.1) is 26.1 Å². The van der Waals surface area contributed by atoms with Gasteiger partial charge in [0.15, 0.2) is 5.03 Å². The van der Waals surface area contributed by atoms with Crippen molar-refractivity contribution in [1.29, 1.82) is 0 Å². The molecule has 2 aromatic rings. The predicted octanol–water partition coefficient (Wildman–Crippen LogP) is 0.301. The highest BCUT2D eigenvalue weighted by molar-refractivity contribution is 7.89. The van der Waals surface area contributed by atoms with Gasteiger partial charge in [0.25, 0.3) is 10.0 Å². The number of imidazole rings is 1. The van der Waals surface area contributed by atoms with Crippen molar-refractivity contribution in [3.63, 3.8) is 0 Å². The van der Waals surface area contributed by atoms with Crippen LogP contribution in [0.5, 0.6) is 5.75 Å². The van der Waals surface area contributed by atoms with Gasteiger partial charge in [-0.2, -0.15) is 8.61 Å². The molecule has 0 unspecified atom stereocenters. The van der Waals surface area contributed by atoms with Crippen LogP contribution < -0.4 is 4.74 Å². The number of sulfonamides is 2. The molecule has 0 amide bonds. The minimum Gasteiger partial charge on any atom is -0.495 e. The number of methoxy groups -OCH3 is 2. The molecule has 0 saturated carbocycles. The lowest BCUT2D eigenvalue weighted by Crippen LogP contribution is -2.37. The summed E-state index contributed by atoms with van der Waals surface area (Å²) in [4.78, 5) is 15.6. The van der Waals surface area contributed by atoms with Crippen molar-refractivity contribution < 1.29 is 31.1 Å². The number of carbonyl (C=O) groups excluding carboxylic acids is 1. The van der Waals surface area contributed by atoms with Gasteiger partial charge in [-0.05, 0) is 24.6 Å². The molecule has 1 aromatic carbocycles. The fraction of sp³-hybridized carbons (Fsp3) is 0.444. The van der Waals surface area contributed by atoms with E-state index in [9.17, 15) is 21.6 Å². The van der Waals surface area contributed by atoms with Gasteiger partial charge in [0.1, 0.15) is 10.6 Å². The third kappa shape index (κ3) is 4.59. The fourth-order valence-electron chi connectivity index (χ4n) is 3.27. The molecule has 0 spiro atoms. The van der Waals surface area contributed by atoms with Crippen molar-refractivity contribution in [2.24, 2.45) is 7.05 Å². The molecule has 31 heavy (non-hydrogen) atoms. The van der Waals surface area contributed by atoms with E-state index >= 15 is 0 Å². The molecule has 13 heteroatoms. The molecule has 0 atom stereocenters. The maximum absolute atomic E-state index is 13.3. The van der Waals surface area contributed by atoms with E-state index in [1.807, 2.05) is 0 Å². The zero-order chi connectivity index (χ0) is 22.8. The molecule has 1 aliphatic rings. The van der Waals surface area contributed by atoms with Gasteiger partial charge in [-0.1, -0.05) is 0 Å². The number of aryl methyl sites for hydroxylation is 1. The summed E-state index contributed by atoms with van der Waals surface area (Å²) in [5, 5.41) is -0.0845. The van der Waals surface area contributed by atoms with Crippen LogP contribution in [0.25, 0.3) is 0 Å². The Bertz CT molecular complexity index is 1180. The smallest absolute Gasteiger partial charge is 0.337 e. The summed E-state index contributed by atoms with van der Waals surface area (Å²) in [5.41, 5.74) is 0.0658. The summed E-state index contributed by atoms with van der Waals surface area (Å²) in [5.74, 6) is -0.600. The predicted molar refractivity (Wildman–Crippen MR) is 110 cm³/mol. The van der Waals surface area contributed by atoms with Crippen molar-refractivity contribution in [1.82, 2.24) is 18.2 Å². The lowest BCUT2D eigenvalue weighted by molar-refractivity contribution is 0.0600. The Morgan fingerprint density at radius 2 is 1.65 bits per heavy atom. The van der Waals surface area contributed by atoms with E-state index < -0.39 is 26.0 Å². The van der Waals surface area contributed by atoms with Crippen LogP contribution in [0.15, 0.2) is 40.6 Å². The second kappa shape index (κ2) is 8.94. The second-order valence-electron chi connectivity index (χ2n) is 6.90. The lowest BCUT2D eigenvalue weighted by Gasteiger charge is -2.22. The Labute approximate surface area is 181 Å². The molecule has 11 nitrogen and oxygen atoms in total. The van der Waals surface area contributed by atoms with Crippen LogP contribution in [-0.4, -0.2) is 81.4 Å². The average molecular weight is 473 g/mol. The van der Waals surface area contributed by atoms with Gasteiger partial charge in [-0.15, -0.1) is 0 Å². The topological polar surface area (TPSA) is 128 Å². The SMILES string of the molecule is COC(=O)c1ccc(OC)c(S(=O)(=O)N2CCCN(S(=O)(=O)c3cn(C)cn3)CC2)c1. The van der Waals surface area contributed by atoms with Gasteiger partial charge in [0, 0.05) is 39.4 Å². The molecule has 1 aromatic heterocycles. The van der Waals surface area contributed by atoms with Gasteiger partial charge < -0.3 is 14.0 Å². The summed E-state index contributed by atoms with van der Waals surface area (Å²) in [7, 11) is -3.71. The van der Waals surface area contributed by atoms with Gasteiger partial charge in [-0.3, -0.25) is 0 Å². The summed E-state index contributed by atoms with van der Waals surface area (Å²) in [6, 6.07) is 4.00. The molecule has 0 bridgehead atoms. The van der Waals surface area contributed by atoms with Crippen LogP contribution >= 0.6 is 0 Å². The van der Waals surface area contributed by atoms with Crippen LogP contribution in [0.2, 0.25) is 0 Å². The lowest BCUT2D eigenvalue weighted by atomic mass is 10.2. The van der Waals surface area contributed by atoms with E-state index in [2.05, 4.69) is 9.72 Å². The maximum Gasteiger partial charge on any atom is 0.337 e. The van der Waals surface area contributed by atoms with E-state index in [0.717, 1.165) is 0 Å². The first-order valence-electron chi connectivity index (χ1n) is 9.36. The van der Waals surface area contributed by atoms with Crippen molar-refractivity contribution in [2.45, 2.75) is 16.3 Å². The van der Waals surface area contributed by atoms with E-state index in [0.29, 0.717) is 6.42 Å². The first-order valence-corrected chi connectivity index (χ1v) is 12.2. The quantitative estimate of drug-likeness (QED) is 0.549. The molecule has 0 N–H and O–H groups in total. The largest absolute Gasteiger partial charge is 0.495 e. The Morgan fingerprint density at radius 3 is 2.19 bits per heavy atom. The van der Waals surface area contributed by atoms with Gasteiger partial charge >= 0.3 is 5.97 Å². The normalized spacial score (nSPS) is 16.6. The molecule has 3 rings (SSSR count).